The van der Waals surface area contributed by atoms with Gasteiger partial charge in [-0.05, 0) is 11.6 Å². The highest BCUT2D eigenvalue weighted by Crippen LogP contribution is 2.11. The van der Waals surface area contributed by atoms with Crippen molar-refractivity contribution in [1.82, 2.24) is 20.8 Å². The molecule has 6 heteroatoms. The molecule has 0 saturated carbocycles. The van der Waals surface area contributed by atoms with Gasteiger partial charge in [0.1, 0.15) is 6.04 Å². The van der Waals surface area contributed by atoms with Gasteiger partial charge in [0.2, 0.25) is 11.8 Å². The number of hydrogen-bond acceptors (Lipinski definition) is 4. The van der Waals surface area contributed by atoms with Crippen LogP contribution in [0.15, 0.2) is 48.8 Å². The molecule has 0 aliphatic heterocycles. The standard InChI is InChI=1S/C15H16N4O2/c1-11(20)19-14(13-7-8-17-18-10-13)15(21)16-9-12-5-3-2-4-6-12/h2-8,10,14H,9H2,1H3,(H,16,21)(H,19,20). The second-order valence-electron chi connectivity index (χ2n) is 4.51. The number of carbonyl (C=O) groups excluding carboxylic acids is 2. The Bertz CT molecular complexity index is 602. The molecule has 2 amide bonds. The van der Waals surface area contributed by atoms with Crippen molar-refractivity contribution in [3.63, 3.8) is 0 Å². The Kier molecular flexibility index (Phi) is 4.98. The molecular weight excluding hydrogens is 268 g/mol. The lowest BCUT2D eigenvalue weighted by molar-refractivity contribution is -0.128. The lowest BCUT2D eigenvalue weighted by atomic mass is 10.1. The zero-order chi connectivity index (χ0) is 15.1. The van der Waals surface area contributed by atoms with E-state index in [0.717, 1.165) is 5.56 Å². The summed E-state index contributed by atoms with van der Waals surface area (Å²) in [5.74, 6) is -0.575. The quantitative estimate of drug-likeness (QED) is 0.857. The number of hydrogen-bond donors (Lipinski definition) is 2. The van der Waals surface area contributed by atoms with Gasteiger partial charge < -0.3 is 10.6 Å². The van der Waals surface area contributed by atoms with E-state index in [1.54, 1.807) is 6.07 Å². The molecule has 1 aromatic heterocycles. The molecule has 0 aliphatic rings. The predicted molar refractivity (Wildman–Crippen MR) is 76.9 cm³/mol. The van der Waals surface area contributed by atoms with Crippen molar-refractivity contribution in [3.8, 4) is 0 Å². The lowest BCUT2D eigenvalue weighted by Gasteiger charge is -2.17. The fraction of sp³-hybridized carbons (Fsp3) is 0.200. The first-order valence-corrected chi connectivity index (χ1v) is 6.52. The van der Waals surface area contributed by atoms with Gasteiger partial charge in [-0.15, -0.1) is 0 Å². The topological polar surface area (TPSA) is 84.0 Å². The number of benzene rings is 1. The summed E-state index contributed by atoms with van der Waals surface area (Å²) in [5.41, 5.74) is 1.58. The van der Waals surface area contributed by atoms with Crippen LogP contribution in [0.5, 0.6) is 0 Å². The van der Waals surface area contributed by atoms with Crippen molar-refractivity contribution in [2.24, 2.45) is 0 Å². The highest BCUT2D eigenvalue weighted by Gasteiger charge is 2.21. The van der Waals surface area contributed by atoms with Crippen LogP contribution in [0.4, 0.5) is 0 Å². The van der Waals surface area contributed by atoms with Gasteiger partial charge in [-0.25, -0.2) is 0 Å². The summed E-state index contributed by atoms with van der Waals surface area (Å²) in [6.07, 6.45) is 2.94. The van der Waals surface area contributed by atoms with E-state index in [1.165, 1.54) is 19.3 Å². The molecule has 0 radical (unpaired) electrons. The molecule has 1 atom stereocenters. The van der Waals surface area contributed by atoms with Crippen LogP contribution in [-0.2, 0) is 16.1 Å². The largest absolute Gasteiger partial charge is 0.350 e. The van der Waals surface area contributed by atoms with E-state index in [2.05, 4.69) is 20.8 Å². The number of nitrogens with one attached hydrogen (secondary N) is 2. The fourth-order valence-corrected chi connectivity index (χ4v) is 1.86. The van der Waals surface area contributed by atoms with Crippen molar-refractivity contribution >= 4 is 11.8 Å². The fourth-order valence-electron chi connectivity index (χ4n) is 1.86. The summed E-state index contributed by atoms with van der Waals surface area (Å²) in [5, 5.41) is 12.8. The molecule has 2 N–H and O–H groups in total. The van der Waals surface area contributed by atoms with Crippen LogP contribution in [0, 0.1) is 0 Å². The number of aromatic nitrogens is 2. The van der Waals surface area contributed by atoms with E-state index in [9.17, 15) is 9.59 Å². The highest BCUT2D eigenvalue weighted by molar-refractivity contribution is 5.87. The van der Waals surface area contributed by atoms with E-state index in [4.69, 9.17) is 0 Å². The summed E-state index contributed by atoms with van der Waals surface area (Å²) in [7, 11) is 0. The Hall–Kier alpha value is -2.76. The van der Waals surface area contributed by atoms with Crippen molar-refractivity contribution in [2.45, 2.75) is 19.5 Å². The average molecular weight is 284 g/mol. The summed E-state index contributed by atoms with van der Waals surface area (Å²) in [6, 6.07) is 10.4. The molecule has 0 bridgehead atoms. The molecule has 1 aromatic carbocycles. The minimum atomic E-state index is -0.776. The smallest absolute Gasteiger partial charge is 0.247 e. The van der Waals surface area contributed by atoms with E-state index in [1.807, 2.05) is 30.3 Å². The first-order valence-electron chi connectivity index (χ1n) is 6.52. The van der Waals surface area contributed by atoms with Crippen LogP contribution in [-0.4, -0.2) is 22.0 Å². The third-order valence-corrected chi connectivity index (χ3v) is 2.86. The van der Waals surface area contributed by atoms with Gasteiger partial charge >= 0.3 is 0 Å². The second-order valence-corrected chi connectivity index (χ2v) is 4.51. The van der Waals surface area contributed by atoms with Crippen LogP contribution in [0.2, 0.25) is 0 Å². The molecule has 108 valence electrons. The Labute approximate surface area is 122 Å². The van der Waals surface area contributed by atoms with Gasteiger partial charge in [0.05, 0.1) is 6.20 Å². The monoisotopic (exact) mass is 284 g/mol. The van der Waals surface area contributed by atoms with Crippen LogP contribution in [0.25, 0.3) is 0 Å². The zero-order valence-corrected chi connectivity index (χ0v) is 11.6. The molecule has 0 saturated heterocycles. The summed E-state index contributed by atoms with van der Waals surface area (Å²) in [6.45, 7) is 1.76. The van der Waals surface area contributed by atoms with E-state index < -0.39 is 6.04 Å². The van der Waals surface area contributed by atoms with E-state index in [0.29, 0.717) is 12.1 Å². The Morgan fingerprint density at radius 2 is 1.90 bits per heavy atom. The molecule has 0 fully saturated rings. The van der Waals surface area contributed by atoms with Crippen molar-refractivity contribution in [2.75, 3.05) is 0 Å². The Morgan fingerprint density at radius 3 is 2.52 bits per heavy atom. The predicted octanol–water partition coefficient (Wildman–Crippen LogP) is 0.970. The molecular formula is C15H16N4O2. The number of amides is 2. The second kappa shape index (κ2) is 7.14. The Balaban J connectivity index is 2.06. The van der Waals surface area contributed by atoms with Crippen molar-refractivity contribution in [1.29, 1.82) is 0 Å². The molecule has 6 nitrogen and oxygen atoms in total. The van der Waals surface area contributed by atoms with Gasteiger partial charge in [-0.1, -0.05) is 30.3 Å². The zero-order valence-electron chi connectivity index (χ0n) is 11.6. The normalized spacial score (nSPS) is 11.5. The van der Waals surface area contributed by atoms with E-state index >= 15 is 0 Å². The molecule has 1 unspecified atom stereocenters. The van der Waals surface area contributed by atoms with Crippen LogP contribution in [0.3, 0.4) is 0 Å². The summed E-state index contributed by atoms with van der Waals surface area (Å²) >= 11 is 0. The first kappa shape index (κ1) is 14.6. The average Bonchev–Trinajstić information content (AvgIpc) is 2.52. The third-order valence-electron chi connectivity index (χ3n) is 2.86. The van der Waals surface area contributed by atoms with Gasteiger partial charge in [-0.2, -0.15) is 10.2 Å². The summed E-state index contributed by atoms with van der Waals surface area (Å²) in [4.78, 5) is 23.6. The number of nitrogens with zero attached hydrogens (tertiary/aromatic N) is 2. The van der Waals surface area contributed by atoms with E-state index in [-0.39, 0.29) is 11.8 Å². The molecule has 21 heavy (non-hydrogen) atoms. The highest BCUT2D eigenvalue weighted by atomic mass is 16.2. The maximum atomic E-state index is 12.3. The van der Waals surface area contributed by atoms with Crippen LogP contribution >= 0.6 is 0 Å². The van der Waals surface area contributed by atoms with Gasteiger partial charge in [0.15, 0.2) is 0 Å². The van der Waals surface area contributed by atoms with Gasteiger partial charge in [0.25, 0.3) is 0 Å². The van der Waals surface area contributed by atoms with Crippen molar-refractivity contribution in [3.05, 3.63) is 59.9 Å². The van der Waals surface area contributed by atoms with Crippen LogP contribution in [0.1, 0.15) is 24.1 Å². The lowest BCUT2D eigenvalue weighted by Crippen LogP contribution is -2.39. The molecule has 1 heterocycles. The molecule has 0 aliphatic carbocycles. The number of rotatable bonds is 5. The Morgan fingerprint density at radius 1 is 1.14 bits per heavy atom. The maximum Gasteiger partial charge on any atom is 0.247 e. The third kappa shape index (κ3) is 4.38. The maximum absolute atomic E-state index is 12.3. The van der Waals surface area contributed by atoms with Gasteiger partial charge in [-0.3, -0.25) is 9.59 Å². The van der Waals surface area contributed by atoms with Gasteiger partial charge in [0, 0.05) is 25.2 Å². The molecule has 0 spiro atoms. The first-order chi connectivity index (χ1) is 10.2. The minimum Gasteiger partial charge on any atom is -0.350 e. The van der Waals surface area contributed by atoms with Crippen LogP contribution < -0.4 is 10.6 Å². The van der Waals surface area contributed by atoms with Crippen molar-refractivity contribution < 1.29 is 9.59 Å². The number of carbonyl (C=O) groups is 2. The molecule has 2 aromatic rings. The molecule has 2 rings (SSSR count). The SMILES string of the molecule is CC(=O)NC(C(=O)NCc1ccccc1)c1ccnnc1. The minimum absolute atomic E-state index is 0.285. The summed E-state index contributed by atoms with van der Waals surface area (Å²) < 4.78 is 0.